The number of carbonyl (C=O) groups is 1. The second-order valence-electron chi connectivity index (χ2n) is 6.98. The van der Waals surface area contributed by atoms with Crippen LogP contribution in [0.1, 0.15) is 17.0 Å². The van der Waals surface area contributed by atoms with Crippen LogP contribution >= 0.6 is 23.2 Å². The Bertz CT molecular complexity index is 1070. The van der Waals surface area contributed by atoms with Crippen LogP contribution < -0.4 is 10.7 Å². The van der Waals surface area contributed by atoms with Crippen LogP contribution in [0, 0.1) is 10.1 Å². The van der Waals surface area contributed by atoms with Gasteiger partial charge in [-0.05, 0) is 35.4 Å². The van der Waals surface area contributed by atoms with E-state index >= 15 is 0 Å². The molecule has 0 radical (unpaired) electrons. The third-order valence-corrected chi connectivity index (χ3v) is 5.75. The van der Waals surface area contributed by atoms with Gasteiger partial charge in [-0.3, -0.25) is 14.9 Å². The molecule has 2 aliphatic rings. The van der Waals surface area contributed by atoms with Crippen LogP contribution in [0.2, 0.25) is 5.02 Å². The highest BCUT2D eigenvalue weighted by Crippen LogP contribution is 2.43. The molecule has 0 aliphatic carbocycles. The molecule has 2 heterocycles. The van der Waals surface area contributed by atoms with E-state index in [1.54, 1.807) is 0 Å². The van der Waals surface area contributed by atoms with Crippen LogP contribution in [-0.4, -0.2) is 34.2 Å². The highest BCUT2D eigenvalue weighted by Gasteiger charge is 2.57. The fourth-order valence-corrected chi connectivity index (χ4v) is 4.09. The Morgan fingerprint density at radius 3 is 2.19 bits per heavy atom. The van der Waals surface area contributed by atoms with Crippen molar-refractivity contribution in [3.63, 3.8) is 0 Å². The van der Waals surface area contributed by atoms with E-state index in [-0.39, 0.29) is 16.4 Å². The predicted molar refractivity (Wildman–Crippen MR) is 107 cm³/mol. The van der Waals surface area contributed by atoms with Gasteiger partial charge in [-0.2, -0.15) is 13.2 Å². The molecule has 7 nitrogen and oxygen atoms in total. The van der Waals surface area contributed by atoms with E-state index in [0.29, 0.717) is 16.1 Å². The lowest BCUT2D eigenvalue weighted by Crippen LogP contribution is -2.54. The maximum absolute atomic E-state index is 13.8. The summed E-state index contributed by atoms with van der Waals surface area (Å²) in [4.78, 5) is 23.1. The lowest BCUT2D eigenvalue weighted by Gasteiger charge is -2.34. The van der Waals surface area contributed by atoms with E-state index in [4.69, 9.17) is 23.2 Å². The van der Waals surface area contributed by atoms with Crippen LogP contribution in [0.15, 0.2) is 53.6 Å². The second kappa shape index (κ2) is 7.70. The molecule has 31 heavy (non-hydrogen) atoms. The first-order valence-electron chi connectivity index (χ1n) is 8.91. The molecule has 3 unspecified atom stereocenters. The number of hydrazine groups is 1. The lowest BCUT2D eigenvalue weighted by atomic mass is 9.89. The summed E-state index contributed by atoms with van der Waals surface area (Å²) in [6.07, 6.45) is -5.78. The zero-order valence-corrected chi connectivity index (χ0v) is 16.9. The number of halogens is 5. The molecule has 1 saturated heterocycles. The van der Waals surface area contributed by atoms with Gasteiger partial charge in [0.25, 0.3) is 11.6 Å². The molecule has 2 aliphatic heterocycles. The van der Waals surface area contributed by atoms with Crippen molar-refractivity contribution in [2.75, 3.05) is 0 Å². The van der Waals surface area contributed by atoms with Crippen LogP contribution in [0.5, 0.6) is 0 Å². The minimum atomic E-state index is -4.66. The first-order valence-corrected chi connectivity index (χ1v) is 9.66. The third-order valence-electron chi connectivity index (χ3n) is 5.15. The van der Waals surface area contributed by atoms with Crippen LogP contribution in [0.25, 0.3) is 5.70 Å². The van der Waals surface area contributed by atoms with Gasteiger partial charge in [-0.25, -0.2) is 10.4 Å². The van der Waals surface area contributed by atoms with E-state index in [1.165, 1.54) is 48.5 Å². The van der Waals surface area contributed by atoms with Gasteiger partial charge in [0.05, 0.1) is 16.5 Å². The molecule has 2 N–H and O–H groups in total. The van der Waals surface area contributed by atoms with E-state index in [0.717, 1.165) is 5.01 Å². The van der Waals surface area contributed by atoms with Gasteiger partial charge in [0.1, 0.15) is 17.2 Å². The van der Waals surface area contributed by atoms with Gasteiger partial charge in [0.2, 0.25) is 0 Å². The third kappa shape index (κ3) is 3.82. The summed E-state index contributed by atoms with van der Waals surface area (Å²) in [5.74, 6) is -2.05. The number of amides is 1. The summed E-state index contributed by atoms with van der Waals surface area (Å²) in [5, 5.41) is 14.6. The molecule has 12 heteroatoms. The molecule has 0 aromatic heterocycles. The van der Waals surface area contributed by atoms with Crippen LogP contribution in [0.4, 0.5) is 18.9 Å². The number of fused-ring (bicyclic) bond motifs is 1. The minimum Gasteiger partial charge on any atom is -0.362 e. The number of nitrogens with one attached hydrogen (secondary N) is 2. The van der Waals surface area contributed by atoms with Crippen molar-refractivity contribution in [3.05, 3.63) is 79.8 Å². The highest BCUT2D eigenvalue weighted by atomic mass is 35.5. The Kier molecular flexibility index (Phi) is 5.32. The first kappa shape index (κ1) is 21.4. The quantitative estimate of drug-likeness (QED) is 0.517. The monoisotopic (exact) mass is 472 g/mol. The molecule has 0 saturated carbocycles. The summed E-state index contributed by atoms with van der Waals surface area (Å²) in [5.41, 5.74) is 2.78. The van der Waals surface area contributed by atoms with E-state index in [9.17, 15) is 28.1 Å². The fourth-order valence-electron chi connectivity index (χ4n) is 3.71. The molecule has 162 valence electrons. The topological polar surface area (TPSA) is 87.5 Å². The van der Waals surface area contributed by atoms with E-state index in [2.05, 4.69) is 10.7 Å². The average Bonchev–Trinajstić information content (AvgIpc) is 3.11. The van der Waals surface area contributed by atoms with Gasteiger partial charge >= 0.3 is 6.18 Å². The number of hydrogen-bond acceptors (Lipinski definition) is 5. The summed E-state index contributed by atoms with van der Waals surface area (Å²) in [6, 6.07) is 8.98. The number of hydrogen-bond donors (Lipinski definition) is 2. The maximum Gasteiger partial charge on any atom is 0.406 e. The first-order chi connectivity index (χ1) is 14.6. The molecule has 2 aromatic carbocycles. The zero-order valence-electron chi connectivity index (χ0n) is 15.4. The van der Waals surface area contributed by atoms with Gasteiger partial charge in [-0.1, -0.05) is 35.3 Å². The average molecular weight is 473 g/mol. The predicted octanol–water partition coefficient (Wildman–Crippen LogP) is 4.15. The van der Waals surface area contributed by atoms with Gasteiger partial charge in [0.15, 0.2) is 0 Å². The zero-order chi connectivity index (χ0) is 22.5. The van der Waals surface area contributed by atoms with Crippen molar-refractivity contribution >= 4 is 40.5 Å². The number of rotatable bonds is 3. The molecule has 0 bridgehead atoms. The summed E-state index contributed by atoms with van der Waals surface area (Å²) < 4.78 is 41.4. The second-order valence-corrected chi connectivity index (χ2v) is 7.80. The Morgan fingerprint density at radius 1 is 1.03 bits per heavy atom. The Balaban J connectivity index is 1.76. The molecule has 1 amide bonds. The largest absolute Gasteiger partial charge is 0.406 e. The van der Waals surface area contributed by atoms with Crippen molar-refractivity contribution in [1.29, 1.82) is 0 Å². The van der Waals surface area contributed by atoms with Crippen LogP contribution in [-0.2, 0) is 4.79 Å². The smallest absolute Gasteiger partial charge is 0.362 e. The molecular formula is C19H13Cl2F3N4O3. The minimum absolute atomic E-state index is 0.0893. The molecule has 4 rings (SSSR count). The summed E-state index contributed by atoms with van der Waals surface area (Å²) in [7, 11) is 0. The Morgan fingerprint density at radius 2 is 1.65 bits per heavy atom. The number of nitro groups is 1. The number of non-ortho nitro benzene ring substituents is 1. The molecule has 3 atom stereocenters. The van der Waals surface area contributed by atoms with Crippen molar-refractivity contribution in [3.8, 4) is 0 Å². The van der Waals surface area contributed by atoms with Gasteiger partial charge in [-0.15, -0.1) is 0 Å². The Hall–Kier alpha value is -2.82. The van der Waals surface area contributed by atoms with Gasteiger partial charge in [0, 0.05) is 17.2 Å². The summed E-state index contributed by atoms with van der Waals surface area (Å²) in [6.45, 7) is 0. The van der Waals surface area contributed by atoms with Crippen molar-refractivity contribution in [2.24, 2.45) is 0 Å². The van der Waals surface area contributed by atoms with E-state index in [1.807, 2.05) is 0 Å². The van der Waals surface area contributed by atoms with Crippen molar-refractivity contribution in [1.82, 2.24) is 15.8 Å². The number of nitro benzene ring substituents is 1. The molecular weight excluding hydrogens is 460 g/mol. The maximum atomic E-state index is 13.8. The normalized spacial score (nSPS) is 23.6. The van der Waals surface area contributed by atoms with Crippen molar-refractivity contribution < 1.29 is 22.9 Å². The molecule has 0 spiro atoms. The SMILES string of the molecule is O=C1C(Cl)=C(c2ccc([N+](=O)[O-])cc2)NC2C(c3ccc(Cl)cc3)C(C(F)(F)F)NN12. The molecule has 2 aromatic rings. The number of benzene rings is 2. The Labute approximate surface area is 183 Å². The number of nitrogens with zero attached hydrogens (tertiary/aromatic N) is 2. The molecule has 1 fully saturated rings. The van der Waals surface area contributed by atoms with Gasteiger partial charge < -0.3 is 5.32 Å². The lowest BCUT2D eigenvalue weighted by molar-refractivity contribution is -0.384. The standard InChI is InChI=1S/C19H13Cl2F3N4O3/c20-11-5-1-9(2-6-11)13-16(19(22,23)24)26-27-17(13)25-15(14(21)18(27)29)10-3-7-12(8-4-10)28(30)31/h1-8,13,16-17,25-26H. The van der Waals surface area contributed by atoms with E-state index < -0.39 is 35.1 Å². The number of carbonyl (C=O) groups excluding carboxylic acids is 1. The summed E-state index contributed by atoms with van der Waals surface area (Å²) >= 11 is 12.0. The highest BCUT2D eigenvalue weighted by molar-refractivity contribution is 6.45. The van der Waals surface area contributed by atoms with Crippen LogP contribution in [0.3, 0.4) is 0 Å². The van der Waals surface area contributed by atoms with Crippen molar-refractivity contribution in [2.45, 2.75) is 24.3 Å². The fraction of sp³-hybridized carbons (Fsp3) is 0.211. The number of alkyl halides is 3.